The molecule has 3 aromatic rings. The van der Waals surface area contributed by atoms with Gasteiger partial charge in [-0.15, -0.1) is 0 Å². The van der Waals surface area contributed by atoms with Gasteiger partial charge in [-0.2, -0.15) is 0 Å². The van der Waals surface area contributed by atoms with Crippen LogP contribution in [0.2, 0.25) is 0 Å². The number of aliphatic hydroxyl groups excluding tert-OH is 1. The molecule has 2 bridgehead atoms. The average molecular weight is 533 g/mol. The Labute approximate surface area is 230 Å². The summed E-state index contributed by atoms with van der Waals surface area (Å²) in [4.78, 5) is 36.5. The van der Waals surface area contributed by atoms with Gasteiger partial charge >= 0.3 is 6.09 Å². The number of nitrogens with zero attached hydrogens (tertiary/aromatic N) is 2. The number of hydrogen-bond acceptors (Lipinski definition) is 4. The van der Waals surface area contributed by atoms with E-state index < -0.39 is 23.6 Å². The molecule has 5 unspecified atom stereocenters. The molecule has 5 rings (SSSR count). The van der Waals surface area contributed by atoms with E-state index >= 15 is 0 Å². The van der Waals surface area contributed by atoms with Crippen LogP contribution in [-0.4, -0.2) is 61.3 Å². The number of hydrogen-bond donors (Lipinski definition) is 4. The molecule has 8 nitrogen and oxygen atoms in total. The normalized spacial score (nSPS) is 22.8. The molecule has 1 heterocycles. The Balaban J connectivity index is 0.00000353. The largest absolute Gasteiger partial charge is 0.465 e. The summed E-state index contributed by atoms with van der Waals surface area (Å²) in [6, 6.07) is 16.5. The topological polar surface area (TPSA) is 119 Å². The number of rotatable bonds is 9. The van der Waals surface area contributed by atoms with E-state index in [4.69, 9.17) is 4.98 Å². The third kappa shape index (κ3) is 6.11. The number of aromatic amines is 1. The Morgan fingerprint density at radius 1 is 1.10 bits per heavy atom. The van der Waals surface area contributed by atoms with Crippen molar-refractivity contribution < 1.29 is 19.8 Å². The molecule has 2 saturated carbocycles. The monoisotopic (exact) mass is 532 g/mol. The van der Waals surface area contributed by atoms with Gasteiger partial charge < -0.3 is 20.5 Å². The Kier molecular flexibility index (Phi) is 8.95. The van der Waals surface area contributed by atoms with Crippen LogP contribution in [0.1, 0.15) is 56.8 Å². The van der Waals surface area contributed by atoms with Crippen LogP contribution >= 0.6 is 0 Å². The summed E-state index contributed by atoms with van der Waals surface area (Å²) >= 11 is 0. The van der Waals surface area contributed by atoms with Gasteiger partial charge in [0.15, 0.2) is 0 Å². The van der Waals surface area contributed by atoms with E-state index in [1.807, 2.05) is 54.6 Å². The van der Waals surface area contributed by atoms with Gasteiger partial charge in [0.25, 0.3) is 0 Å². The molecule has 2 aliphatic carbocycles. The first kappa shape index (κ1) is 28.6. The first-order valence-electron chi connectivity index (χ1n) is 13.8. The molecule has 5 atom stereocenters. The van der Waals surface area contributed by atoms with Crippen molar-refractivity contribution in [2.24, 2.45) is 11.8 Å². The molecular weight excluding hydrogens is 492 g/mol. The minimum absolute atomic E-state index is 0. The molecule has 0 saturated heterocycles. The molecule has 4 N–H and O–H groups in total. The number of benzene rings is 2. The van der Waals surface area contributed by atoms with E-state index in [1.165, 1.54) is 11.3 Å². The van der Waals surface area contributed by atoms with Crippen LogP contribution < -0.4 is 5.32 Å². The Morgan fingerprint density at radius 2 is 1.85 bits per heavy atom. The number of amides is 2. The number of H-pyrrole nitrogens is 1. The number of aromatic nitrogens is 2. The molecule has 2 aromatic carbocycles. The van der Waals surface area contributed by atoms with Crippen LogP contribution in [-0.2, 0) is 17.6 Å². The zero-order chi connectivity index (χ0) is 26.7. The molecule has 39 heavy (non-hydrogen) atoms. The number of carboxylic acid groups (broad SMARTS) is 1. The maximum Gasteiger partial charge on any atom is 0.408 e. The van der Waals surface area contributed by atoms with Crippen molar-refractivity contribution in [3.63, 3.8) is 0 Å². The number of carbonyl (C=O) groups excluding carboxylic acids is 1. The van der Waals surface area contributed by atoms with Crippen LogP contribution in [0.15, 0.2) is 54.6 Å². The summed E-state index contributed by atoms with van der Waals surface area (Å²) in [6.45, 7) is 1.47. The minimum atomic E-state index is -1.42. The summed E-state index contributed by atoms with van der Waals surface area (Å²) in [5, 5.41) is 23.8. The molecule has 2 fully saturated rings. The second-order valence-electron chi connectivity index (χ2n) is 11.3. The molecule has 208 valence electrons. The molecule has 2 radical (unpaired) electrons. The van der Waals surface area contributed by atoms with E-state index in [1.54, 1.807) is 6.92 Å². The molecule has 8 heteroatoms. The fraction of sp³-hybridized carbons (Fsp3) is 0.484. The predicted octanol–water partition coefficient (Wildman–Crippen LogP) is 4.86. The lowest BCUT2D eigenvalue weighted by Gasteiger charge is -2.50. The minimum Gasteiger partial charge on any atom is -0.465 e. The summed E-state index contributed by atoms with van der Waals surface area (Å²) in [7, 11) is 0. The zero-order valence-electron chi connectivity index (χ0n) is 22.7. The van der Waals surface area contributed by atoms with Crippen LogP contribution in [0.25, 0.3) is 11.0 Å². The first-order chi connectivity index (χ1) is 18.4. The van der Waals surface area contributed by atoms with Crippen molar-refractivity contribution in [3.05, 3.63) is 73.4 Å². The maximum absolute atomic E-state index is 14.1. The van der Waals surface area contributed by atoms with Gasteiger partial charge in [-0.3, -0.25) is 9.69 Å². The number of fused-ring (bicyclic) bond motifs is 3. The summed E-state index contributed by atoms with van der Waals surface area (Å²) in [5.74, 6) is 1.06. The Hall–Kier alpha value is -3.39. The second-order valence-corrected chi connectivity index (χ2v) is 11.3. The average Bonchev–Trinajstić information content (AvgIpc) is 3.32. The van der Waals surface area contributed by atoms with E-state index in [0.29, 0.717) is 18.2 Å². The highest BCUT2D eigenvalue weighted by Crippen LogP contribution is 2.44. The third-order valence-electron chi connectivity index (χ3n) is 8.63. The molecule has 2 amide bonds. The Bertz CT molecular complexity index is 1230. The number of para-hydroxylation sites is 2. The van der Waals surface area contributed by atoms with Crippen molar-refractivity contribution in [2.45, 2.75) is 75.9 Å². The fourth-order valence-corrected chi connectivity index (χ4v) is 6.74. The molecule has 0 aliphatic heterocycles. The lowest BCUT2D eigenvalue weighted by Crippen LogP contribution is -2.66. The van der Waals surface area contributed by atoms with Crippen LogP contribution in [0.3, 0.4) is 0 Å². The Morgan fingerprint density at radius 3 is 2.56 bits per heavy atom. The van der Waals surface area contributed by atoms with Crippen molar-refractivity contribution in [3.8, 4) is 0 Å². The highest BCUT2D eigenvalue weighted by molar-refractivity contribution is 5.90. The van der Waals surface area contributed by atoms with Gasteiger partial charge in [0.2, 0.25) is 5.91 Å². The van der Waals surface area contributed by atoms with E-state index in [9.17, 15) is 19.8 Å². The van der Waals surface area contributed by atoms with E-state index in [0.717, 1.165) is 48.7 Å². The highest BCUT2D eigenvalue weighted by Gasteiger charge is 2.50. The van der Waals surface area contributed by atoms with Gasteiger partial charge in [-0.25, -0.2) is 9.78 Å². The lowest BCUT2D eigenvalue weighted by atomic mass is 9.68. The first-order valence-corrected chi connectivity index (χ1v) is 13.8. The smallest absolute Gasteiger partial charge is 0.408 e. The van der Waals surface area contributed by atoms with Crippen molar-refractivity contribution in [2.75, 3.05) is 6.61 Å². The summed E-state index contributed by atoms with van der Waals surface area (Å²) in [5.41, 5.74) is 1.19. The number of imidazole rings is 1. The molecule has 1 aromatic heterocycles. The van der Waals surface area contributed by atoms with E-state index in [2.05, 4.69) is 10.3 Å². The number of nitrogens with one attached hydrogen (secondary N) is 2. The lowest BCUT2D eigenvalue weighted by molar-refractivity contribution is -0.136. The van der Waals surface area contributed by atoms with Crippen LogP contribution in [0.4, 0.5) is 4.79 Å². The number of aliphatic hydroxyl groups is 1. The van der Waals surface area contributed by atoms with Gasteiger partial charge in [0, 0.05) is 12.5 Å². The second kappa shape index (κ2) is 12.2. The predicted molar refractivity (Wildman–Crippen MR) is 151 cm³/mol. The molecular formula is C31H40N4O4. The SMILES string of the molecule is CC(Cc1nc2ccccc2[nH]1)(C(=O)NC(CO)Cc1ccccc1)N(C(=O)O)C1CCC2CCCC1C2.[CH2]. The van der Waals surface area contributed by atoms with Crippen LogP contribution in [0.5, 0.6) is 0 Å². The number of carbonyl (C=O) groups is 2. The standard InChI is InChI=1S/C30H38N4O4.CH2/c1-30(18-27-32-24-12-5-6-13-25(24)33-27,28(36)31-23(19-35)17-20-8-3-2-4-9-20)34(29(37)38)26-15-14-21-10-7-11-22(26)16-21;/h2-6,8-9,12-13,21-23,26,35H,7,10-11,14-19H2,1H3,(H,31,36)(H,32,33)(H,37,38);1H2. The van der Waals surface area contributed by atoms with Crippen molar-refractivity contribution in [1.82, 2.24) is 20.2 Å². The molecule has 0 spiro atoms. The fourth-order valence-electron chi connectivity index (χ4n) is 6.74. The quantitative estimate of drug-likeness (QED) is 0.314. The van der Waals surface area contributed by atoms with Crippen molar-refractivity contribution in [1.29, 1.82) is 0 Å². The van der Waals surface area contributed by atoms with E-state index in [-0.39, 0.29) is 32.4 Å². The van der Waals surface area contributed by atoms with Gasteiger partial charge in [0.1, 0.15) is 11.4 Å². The summed E-state index contributed by atoms with van der Waals surface area (Å²) in [6.07, 6.45) is 5.54. The van der Waals surface area contributed by atoms with Gasteiger partial charge in [0.05, 0.1) is 23.7 Å². The van der Waals surface area contributed by atoms with Gasteiger partial charge in [-0.1, -0.05) is 62.7 Å². The maximum atomic E-state index is 14.1. The molecule has 2 aliphatic rings. The summed E-state index contributed by atoms with van der Waals surface area (Å²) < 4.78 is 0. The third-order valence-corrected chi connectivity index (χ3v) is 8.63. The van der Waals surface area contributed by atoms with Crippen molar-refractivity contribution >= 4 is 23.0 Å². The van der Waals surface area contributed by atoms with Gasteiger partial charge in [-0.05, 0) is 68.6 Å². The zero-order valence-corrected chi connectivity index (χ0v) is 22.7. The van der Waals surface area contributed by atoms with Crippen LogP contribution in [0, 0.1) is 19.3 Å². The highest BCUT2D eigenvalue weighted by atomic mass is 16.4.